The first kappa shape index (κ1) is 16.3. The van der Waals surface area contributed by atoms with E-state index in [9.17, 15) is 8.42 Å². The van der Waals surface area contributed by atoms with E-state index in [0.717, 1.165) is 25.3 Å². The molecule has 21 heavy (non-hydrogen) atoms. The molecule has 2 N–H and O–H groups in total. The van der Waals surface area contributed by atoms with Gasteiger partial charge in [-0.3, -0.25) is 0 Å². The first-order chi connectivity index (χ1) is 10.1. The van der Waals surface area contributed by atoms with Gasteiger partial charge in [-0.1, -0.05) is 6.92 Å². The minimum absolute atomic E-state index is 0.322. The summed E-state index contributed by atoms with van der Waals surface area (Å²) in [4.78, 5) is 2.61. The molecule has 1 aromatic rings. The van der Waals surface area contributed by atoms with E-state index in [1.165, 1.54) is 12.8 Å². The summed E-state index contributed by atoms with van der Waals surface area (Å²) in [6.45, 7) is 7.28. The first-order valence-electron chi connectivity index (χ1n) is 7.65. The van der Waals surface area contributed by atoms with Crippen molar-refractivity contribution in [3.63, 3.8) is 0 Å². The summed E-state index contributed by atoms with van der Waals surface area (Å²) in [5, 5.41) is 3.50. The van der Waals surface area contributed by atoms with Gasteiger partial charge in [0.2, 0.25) is 10.0 Å². The summed E-state index contributed by atoms with van der Waals surface area (Å²) in [6, 6.07) is 7.68. The number of benzene rings is 1. The van der Waals surface area contributed by atoms with Gasteiger partial charge < -0.3 is 10.2 Å². The molecule has 1 atom stereocenters. The minimum atomic E-state index is -3.36. The van der Waals surface area contributed by atoms with Crippen molar-refractivity contribution in [1.29, 1.82) is 0 Å². The van der Waals surface area contributed by atoms with E-state index >= 15 is 0 Å². The Morgan fingerprint density at radius 3 is 2.52 bits per heavy atom. The average molecular weight is 311 g/mol. The van der Waals surface area contributed by atoms with Crippen LogP contribution >= 0.6 is 0 Å². The molecule has 1 aliphatic rings. The Hall–Kier alpha value is -1.11. The fraction of sp³-hybridized carbons (Fsp3) is 0.600. The molecule has 1 heterocycles. The van der Waals surface area contributed by atoms with Gasteiger partial charge in [0, 0.05) is 31.4 Å². The molecule has 1 aromatic carbocycles. The van der Waals surface area contributed by atoms with Gasteiger partial charge in [-0.25, -0.2) is 13.1 Å². The Morgan fingerprint density at radius 2 is 2.00 bits per heavy atom. The maximum Gasteiger partial charge on any atom is 0.240 e. The number of hydrogen-bond acceptors (Lipinski definition) is 4. The third kappa shape index (κ3) is 4.18. The van der Waals surface area contributed by atoms with Crippen LogP contribution in [0, 0.1) is 0 Å². The van der Waals surface area contributed by atoms with Crippen molar-refractivity contribution in [2.45, 2.75) is 37.6 Å². The van der Waals surface area contributed by atoms with Crippen LogP contribution in [0.2, 0.25) is 0 Å². The summed E-state index contributed by atoms with van der Waals surface area (Å²) >= 11 is 0. The summed E-state index contributed by atoms with van der Waals surface area (Å²) < 4.78 is 26.4. The van der Waals surface area contributed by atoms with Crippen molar-refractivity contribution in [3.05, 3.63) is 24.3 Å². The third-order valence-electron chi connectivity index (χ3n) is 3.83. The first-order valence-corrected chi connectivity index (χ1v) is 9.13. The predicted molar refractivity (Wildman–Crippen MR) is 86.2 cm³/mol. The lowest BCUT2D eigenvalue weighted by Crippen LogP contribution is -2.37. The number of likely N-dealkylation sites (N-methyl/N-ethyl adjacent to an activating group) is 1. The molecule has 1 aliphatic heterocycles. The maximum absolute atomic E-state index is 11.9. The normalized spacial score (nSPS) is 18.9. The van der Waals surface area contributed by atoms with E-state index in [-0.39, 0.29) is 0 Å². The number of sulfonamides is 1. The van der Waals surface area contributed by atoms with Crippen LogP contribution in [0.5, 0.6) is 0 Å². The van der Waals surface area contributed by atoms with Crippen LogP contribution < -0.4 is 14.9 Å². The molecule has 1 saturated heterocycles. The van der Waals surface area contributed by atoms with Crippen LogP contribution in [0.25, 0.3) is 0 Å². The van der Waals surface area contributed by atoms with Gasteiger partial charge in [0.25, 0.3) is 0 Å². The van der Waals surface area contributed by atoms with Crippen LogP contribution in [0.3, 0.4) is 0 Å². The van der Waals surface area contributed by atoms with E-state index in [1.807, 2.05) is 12.1 Å². The molecule has 6 heteroatoms. The second-order valence-electron chi connectivity index (χ2n) is 5.33. The van der Waals surface area contributed by atoms with Crippen LogP contribution in [0.15, 0.2) is 29.2 Å². The highest BCUT2D eigenvalue weighted by Crippen LogP contribution is 2.19. The van der Waals surface area contributed by atoms with Crippen molar-refractivity contribution in [2.75, 3.05) is 31.1 Å². The SMILES string of the molecule is CCNS(=O)(=O)c1ccc(N(CC)CC2CCCN2)cc1. The predicted octanol–water partition coefficient (Wildman–Crippen LogP) is 1.56. The highest BCUT2D eigenvalue weighted by atomic mass is 32.2. The van der Waals surface area contributed by atoms with E-state index in [4.69, 9.17) is 0 Å². The molecule has 1 fully saturated rings. The number of nitrogens with one attached hydrogen (secondary N) is 2. The molecule has 0 amide bonds. The van der Waals surface area contributed by atoms with Gasteiger partial charge in [-0.15, -0.1) is 0 Å². The topological polar surface area (TPSA) is 61.4 Å². The molecular formula is C15H25N3O2S. The largest absolute Gasteiger partial charge is 0.370 e. The quantitative estimate of drug-likeness (QED) is 0.802. The fourth-order valence-corrected chi connectivity index (χ4v) is 3.75. The van der Waals surface area contributed by atoms with Crippen LogP contribution in [0.1, 0.15) is 26.7 Å². The van der Waals surface area contributed by atoms with Crippen molar-refractivity contribution in [3.8, 4) is 0 Å². The monoisotopic (exact) mass is 311 g/mol. The zero-order chi connectivity index (χ0) is 15.3. The van der Waals surface area contributed by atoms with Gasteiger partial charge in [0.1, 0.15) is 0 Å². The van der Waals surface area contributed by atoms with E-state index in [0.29, 0.717) is 17.5 Å². The van der Waals surface area contributed by atoms with Crippen LogP contribution in [-0.4, -0.2) is 40.6 Å². The molecular weight excluding hydrogens is 286 g/mol. The van der Waals surface area contributed by atoms with Crippen molar-refractivity contribution >= 4 is 15.7 Å². The van der Waals surface area contributed by atoms with Gasteiger partial charge in [0.15, 0.2) is 0 Å². The summed E-state index contributed by atoms with van der Waals surface area (Å²) in [7, 11) is -3.36. The smallest absolute Gasteiger partial charge is 0.240 e. The van der Waals surface area contributed by atoms with E-state index in [1.54, 1.807) is 19.1 Å². The number of hydrogen-bond donors (Lipinski definition) is 2. The number of rotatable bonds is 7. The average Bonchev–Trinajstić information content (AvgIpc) is 2.98. The van der Waals surface area contributed by atoms with Gasteiger partial charge >= 0.3 is 0 Å². The zero-order valence-corrected chi connectivity index (χ0v) is 13.6. The number of anilines is 1. The van der Waals surface area contributed by atoms with Crippen molar-refractivity contribution in [1.82, 2.24) is 10.0 Å². The second kappa shape index (κ2) is 7.24. The molecule has 0 aromatic heterocycles. The minimum Gasteiger partial charge on any atom is -0.370 e. The third-order valence-corrected chi connectivity index (χ3v) is 5.39. The maximum atomic E-state index is 11.9. The molecule has 0 saturated carbocycles. The number of nitrogens with zero attached hydrogens (tertiary/aromatic N) is 1. The second-order valence-corrected chi connectivity index (χ2v) is 7.09. The molecule has 1 unspecified atom stereocenters. The molecule has 0 spiro atoms. The Morgan fingerprint density at radius 1 is 1.29 bits per heavy atom. The Bertz CT molecular complexity index is 537. The molecule has 5 nitrogen and oxygen atoms in total. The van der Waals surface area contributed by atoms with Crippen molar-refractivity contribution in [2.24, 2.45) is 0 Å². The standard InChI is InChI=1S/C15H25N3O2S/c1-3-17-21(19,20)15-9-7-14(8-10-15)18(4-2)12-13-6-5-11-16-13/h7-10,13,16-17H,3-6,11-12H2,1-2H3. The summed E-state index contributed by atoms with van der Waals surface area (Å²) in [6.07, 6.45) is 2.45. The molecule has 0 radical (unpaired) electrons. The molecule has 0 aliphatic carbocycles. The van der Waals surface area contributed by atoms with Gasteiger partial charge in [-0.2, -0.15) is 0 Å². The van der Waals surface area contributed by atoms with Crippen molar-refractivity contribution < 1.29 is 8.42 Å². The van der Waals surface area contributed by atoms with Crippen LogP contribution in [-0.2, 0) is 10.0 Å². The highest BCUT2D eigenvalue weighted by molar-refractivity contribution is 7.89. The fourth-order valence-electron chi connectivity index (χ4n) is 2.71. The Labute approximate surface area is 127 Å². The summed E-state index contributed by atoms with van der Waals surface area (Å²) in [5.41, 5.74) is 1.07. The summed E-state index contributed by atoms with van der Waals surface area (Å²) in [5.74, 6) is 0. The zero-order valence-electron chi connectivity index (χ0n) is 12.8. The van der Waals surface area contributed by atoms with E-state index < -0.39 is 10.0 Å². The molecule has 0 bridgehead atoms. The lowest BCUT2D eigenvalue weighted by molar-refractivity contribution is 0.582. The van der Waals surface area contributed by atoms with E-state index in [2.05, 4.69) is 21.9 Å². The van der Waals surface area contributed by atoms with Gasteiger partial charge in [-0.05, 0) is 50.6 Å². The van der Waals surface area contributed by atoms with Gasteiger partial charge in [0.05, 0.1) is 4.90 Å². The molecule has 118 valence electrons. The highest BCUT2D eigenvalue weighted by Gasteiger charge is 2.18. The van der Waals surface area contributed by atoms with Crippen LogP contribution in [0.4, 0.5) is 5.69 Å². The Kier molecular flexibility index (Phi) is 5.61. The molecule has 2 rings (SSSR count). The Balaban J connectivity index is 2.09. The lowest BCUT2D eigenvalue weighted by Gasteiger charge is -2.26. The lowest BCUT2D eigenvalue weighted by atomic mass is 10.2.